The van der Waals surface area contributed by atoms with Crippen LogP contribution in [0.2, 0.25) is 0 Å². The zero-order valence-corrected chi connectivity index (χ0v) is 16.3. The van der Waals surface area contributed by atoms with E-state index in [9.17, 15) is 4.79 Å². The number of nitrogens with zero attached hydrogens (tertiary/aromatic N) is 5. The largest absolute Gasteiger partial charge is 0.378 e. The maximum absolute atomic E-state index is 12.8. The molecule has 1 aromatic heterocycles. The van der Waals surface area contributed by atoms with Gasteiger partial charge in [-0.2, -0.15) is 0 Å². The topological polar surface area (TPSA) is 63.5 Å². The zero-order valence-electron chi connectivity index (χ0n) is 15.5. The van der Waals surface area contributed by atoms with Crippen molar-refractivity contribution in [1.82, 2.24) is 14.8 Å². The molecule has 3 rings (SSSR count). The number of ether oxygens (including phenoxy) is 1. The van der Waals surface area contributed by atoms with Gasteiger partial charge in [-0.25, -0.2) is 0 Å². The van der Waals surface area contributed by atoms with Gasteiger partial charge in [-0.1, -0.05) is 30.0 Å². The summed E-state index contributed by atoms with van der Waals surface area (Å²) in [4.78, 5) is 16.7. The number of thioether (sulfide) groups is 1. The molecule has 1 aromatic carbocycles. The minimum atomic E-state index is -0.257. The second-order valence-electron chi connectivity index (χ2n) is 6.12. The SMILES string of the molecule is CCn1c(S[C@@H](C)C(=O)N(C)c2ccccc2)nnc1N1CCOCC1. The highest BCUT2D eigenvalue weighted by Crippen LogP contribution is 2.27. The number of carbonyl (C=O) groups is 1. The summed E-state index contributed by atoms with van der Waals surface area (Å²) in [7, 11) is 1.80. The molecule has 0 unspecified atom stereocenters. The number of amides is 1. The number of carbonyl (C=O) groups excluding carboxylic acids is 1. The Morgan fingerprint density at radius 1 is 1.27 bits per heavy atom. The zero-order chi connectivity index (χ0) is 18.5. The van der Waals surface area contributed by atoms with Crippen molar-refractivity contribution in [3.8, 4) is 0 Å². The van der Waals surface area contributed by atoms with Gasteiger partial charge < -0.3 is 14.5 Å². The van der Waals surface area contributed by atoms with Gasteiger partial charge >= 0.3 is 0 Å². The fraction of sp³-hybridized carbons (Fsp3) is 0.500. The Morgan fingerprint density at radius 2 is 1.96 bits per heavy atom. The Hall–Kier alpha value is -2.06. The van der Waals surface area contributed by atoms with Gasteiger partial charge in [0.25, 0.3) is 0 Å². The maximum atomic E-state index is 12.8. The van der Waals surface area contributed by atoms with Gasteiger partial charge in [0, 0.05) is 32.4 Å². The lowest BCUT2D eigenvalue weighted by Gasteiger charge is -2.27. The van der Waals surface area contributed by atoms with Gasteiger partial charge in [0.15, 0.2) is 5.16 Å². The molecule has 0 spiro atoms. The van der Waals surface area contributed by atoms with E-state index in [1.807, 2.05) is 37.3 Å². The molecule has 1 fully saturated rings. The summed E-state index contributed by atoms with van der Waals surface area (Å²) in [6.07, 6.45) is 0. The highest BCUT2D eigenvalue weighted by Gasteiger charge is 2.25. The van der Waals surface area contributed by atoms with Crippen LogP contribution in [0.4, 0.5) is 11.6 Å². The van der Waals surface area contributed by atoms with Gasteiger partial charge in [0.1, 0.15) is 0 Å². The molecule has 1 amide bonds. The van der Waals surface area contributed by atoms with Crippen LogP contribution in [-0.2, 0) is 16.1 Å². The van der Waals surface area contributed by atoms with E-state index in [0.717, 1.165) is 36.4 Å². The minimum Gasteiger partial charge on any atom is -0.378 e. The van der Waals surface area contributed by atoms with Crippen LogP contribution in [0.25, 0.3) is 0 Å². The number of morpholine rings is 1. The number of para-hydroxylation sites is 1. The predicted molar refractivity (Wildman–Crippen MR) is 104 cm³/mol. The van der Waals surface area contributed by atoms with Gasteiger partial charge in [-0.3, -0.25) is 9.36 Å². The van der Waals surface area contributed by atoms with Crippen LogP contribution in [0.1, 0.15) is 13.8 Å². The van der Waals surface area contributed by atoms with Crippen molar-refractivity contribution in [2.24, 2.45) is 0 Å². The van der Waals surface area contributed by atoms with Crippen LogP contribution in [0.15, 0.2) is 35.5 Å². The third kappa shape index (κ3) is 4.02. The van der Waals surface area contributed by atoms with E-state index >= 15 is 0 Å². The summed E-state index contributed by atoms with van der Waals surface area (Å²) in [5.41, 5.74) is 0.885. The molecular formula is C18H25N5O2S. The van der Waals surface area contributed by atoms with Crippen molar-refractivity contribution in [2.75, 3.05) is 43.2 Å². The van der Waals surface area contributed by atoms with Gasteiger partial charge in [0.2, 0.25) is 11.9 Å². The molecule has 1 saturated heterocycles. The van der Waals surface area contributed by atoms with E-state index in [4.69, 9.17) is 4.74 Å². The maximum Gasteiger partial charge on any atom is 0.240 e. The molecule has 1 aliphatic rings. The molecule has 2 heterocycles. The third-order valence-corrected chi connectivity index (χ3v) is 5.48. The van der Waals surface area contributed by atoms with E-state index in [1.165, 1.54) is 11.8 Å². The number of anilines is 2. The molecule has 0 saturated carbocycles. The fourth-order valence-electron chi connectivity index (χ4n) is 2.90. The Labute approximate surface area is 158 Å². The Kier molecular flexibility index (Phi) is 6.16. The smallest absolute Gasteiger partial charge is 0.240 e. The van der Waals surface area contributed by atoms with Crippen molar-refractivity contribution >= 4 is 29.3 Å². The molecule has 2 aromatic rings. The summed E-state index contributed by atoms with van der Waals surface area (Å²) in [6, 6.07) is 9.66. The van der Waals surface area contributed by atoms with Crippen molar-refractivity contribution in [2.45, 2.75) is 30.8 Å². The average Bonchev–Trinajstić information content (AvgIpc) is 3.10. The van der Waals surface area contributed by atoms with Crippen molar-refractivity contribution in [3.63, 3.8) is 0 Å². The van der Waals surface area contributed by atoms with Crippen LogP contribution in [-0.4, -0.2) is 59.3 Å². The summed E-state index contributed by atoms with van der Waals surface area (Å²) in [6.45, 7) is 7.78. The number of aromatic nitrogens is 3. The number of benzene rings is 1. The number of hydrogen-bond acceptors (Lipinski definition) is 6. The quantitative estimate of drug-likeness (QED) is 0.722. The standard InChI is InChI=1S/C18H25N5O2S/c1-4-23-17(22-10-12-25-13-11-22)19-20-18(23)26-14(2)16(24)21(3)15-8-6-5-7-9-15/h5-9,14H,4,10-13H2,1-3H3/t14-/m0/s1. The molecular weight excluding hydrogens is 350 g/mol. The lowest BCUT2D eigenvalue weighted by Crippen LogP contribution is -2.38. The van der Waals surface area contributed by atoms with Crippen molar-refractivity contribution in [3.05, 3.63) is 30.3 Å². The Balaban J connectivity index is 1.71. The first-order chi connectivity index (χ1) is 12.6. The molecule has 140 valence electrons. The second-order valence-corrected chi connectivity index (χ2v) is 7.43. The fourth-order valence-corrected chi connectivity index (χ4v) is 3.90. The van der Waals surface area contributed by atoms with Gasteiger partial charge in [0.05, 0.1) is 18.5 Å². The molecule has 0 radical (unpaired) electrons. The van der Waals surface area contributed by atoms with Crippen molar-refractivity contribution < 1.29 is 9.53 Å². The molecule has 7 nitrogen and oxygen atoms in total. The molecule has 0 N–H and O–H groups in total. The monoisotopic (exact) mass is 375 g/mol. The summed E-state index contributed by atoms with van der Waals surface area (Å²) in [5, 5.41) is 9.22. The van der Waals surface area contributed by atoms with Crippen LogP contribution < -0.4 is 9.80 Å². The first kappa shape index (κ1) is 18.7. The summed E-state index contributed by atoms with van der Waals surface area (Å²) >= 11 is 1.45. The summed E-state index contributed by atoms with van der Waals surface area (Å²) in [5.74, 6) is 0.897. The minimum absolute atomic E-state index is 0.0415. The highest BCUT2D eigenvalue weighted by atomic mass is 32.2. The molecule has 8 heteroatoms. The van der Waals surface area contributed by atoms with Crippen molar-refractivity contribution in [1.29, 1.82) is 0 Å². The predicted octanol–water partition coefficient (Wildman–Crippen LogP) is 2.28. The first-order valence-electron chi connectivity index (χ1n) is 8.87. The van der Waals surface area contributed by atoms with Gasteiger partial charge in [-0.05, 0) is 26.0 Å². The molecule has 0 bridgehead atoms. The average molecular weight is 375 g/mol. The Bertz CT molecular complexity index is 730. The summed E-state index contributed by atoms with van der Waals surface area (Å²) < 4.78 is 7.48. The Morgan fingerprint density at radius 3 is 2.62 bits per heavy atom. The third-order valence-electron chi connectivity index (χ3n) is 4.41. The number of hydrogen-bond donors (Lipinski definition) is 0. The normalized spacial score (nSPS) is 15.7. The van der Waals surface area contributed by atoms with Crippen LogP contribution in [0.5, 0.6) is 0 Å². The molecule has 26 heavy (non-hydrogen) atoms. The van der Waals surface area contributed by atoms with E-state index in [1.54, 1.807) is 11.9 Å². The van der Waals surface area contributed by atoms with Gasteiger partial charge in [-0.15, -0.1) is 10.2 Å². The van der Waals surface area contributed by atoms with E-state index < -0.39 is 0 Å². The van der Waals surface area contributed by atoms with E-state index in [0.29, 0.717) is 13.2 Å². The molecule has 0 aliphatic carbocycles. The molecule has 1 aliphatic heterocycles. The molecule has 1 atom stereocenters. The lowest BCUT2D eigenvalue weighted by atomic mass is 10.3. The lowest BCUT2D eigenvalue weighted by molar-refractivity contribution is -0.117. The van der Waals surface area contributed by atoms with Crippen LogP contribution in [0.3, 0.4) is 0 Å². The van der Waals surface area contributed by atoms with E-state index in [-0.39, 0.29) is 11.2 Å². The van der Waals surface area contributed by atoms with Crippen LogP contribution >= 0.6 is 11.8 Å². The highest BCUT2D eigenvalue weighted by molar-refractivity contribution is 8.00. The van der Waals surface area contributed by atoms with E-state index in [2.05, 4.69) is 26.6 Å². The number of rotatable bonds is 6. The van der Waals surface area contributed by atoms with Crippen LogP contribution in [0, 0.1) is 0 Å². The second kappa shape index (κ2) is 8.55. The first-order valence-corrected chi connectivity index (χ1v) is 9.75.